The molecule has 4 nitrogen and oxygen atoms in total. The van der Waals surface area contributed by atoms with Crippen LogP contribution in [-0.2, 0) is 0 Å². The number of hydrogen-bond acceptors (Lipinski definition) is 4. The number of nitrogens with zero attached hydrogens (tertiary/aromatic N) is 2. The Labute approximate surface area is 181 Å². The van der Waals surface area contributed by atoms with Crippen molar-refractivity contribution in [3.05, 3.63) is 54.1 Å². The predicted molar refractivity (Wildman–Crippen MR) is 114 cm³/mol. The Bertz CT molecular complexity index is 873. The van der Waals surface area contributed by atoms with Crippen molar-refractivity contribution in [2.24, 2.45) is 0 Å². The van der Waals surface area contributed by atoms with Crippen LogP contribution >= 0.6 is 0 Å². The van der Waals surface area contributed by atoms with Crippen LogP contribution in [0.4, 0.5) is 13.2 Å². The quantitative estimate of drug-likeness (QED) is 0.726. The van der Waals surface area contributed by atoms with E-state index in [0.29, 0.717) is 5.56 Å². The Morgan fingerprint density at radius 3 is 2.26 bits per heavy atom. The van der Waals surface area contributed by atoms with Gasteiger partial charge in [0.2, 0.25) is 0 Å². The minimum absolute atomic E-state index is 0.0265. The number of hydrogen-bond donors (Lipinski definition) is 1. The van der Waals surface area contributed by atoms with E-state index >= 15 is 0 Å². The summed E-state index contributed by atoms with van der Waals surface area (Å²) in [5.41, 5.74) is 1.87. The summed E-state index contributed by atoms with van der Waals surface area (Å²) in [5, 5.41) is 11.2. The first kappa shape index (κ1) is 22.1. The van der Waals surface area contributed by atoms with Crippen LogP contribution in [0.3, 0.4) is 0 Å². The molecular formula is C24H29F3N2O2. The molecule has 1 saturated carbocycles. The summed E-state index contributed by atoms with van der Waals surface area (Å²) < 4.78 is 41.6. The van der Waals surface area contributed by atoms with E-state index in [1.807, 2.05) is 24.3 Å². The average Bonchev–Trinajstić information content (AvgIpc) is 2.71. The van der Waals surface area contributed by atoms with E-state index in [9.17, 15) is 18.3 Å². The normalized spacial score (nSPS) is 20.8. The van der Waals surface area contributed by atoms with Crippen LogP contribution in [0.5, 0.6) is 5.75 Å². The molecule has 2 fully saturated rings. The number of rotatable bonds is 6. The second kappa shape index (κ2) is 8.81. The number of alkyl halides is 3. The summed E-state index contributed by atoms with van der Waals surface area (Å²) in [6.45, 7) is 4.86. The lowest BCUT2D eigenvalue weighted by atomic mass is 9.68. The van der Waals surface area contributed by atoms with Crippen LogP contribution < -0.4 is 4.74 Å². The molecule has 0 radical (unpaired) electrons. The van der Waals surface area contributed by atoms with Crippen LogP contribution in [-0.4, -0.2) is 66.6 Å². The predicted octanol–water partition coefficient (Wildman–Crippen LogP) is 4.50. The molecule has 1 atom stereocenters. The summed E-state index contributed by atoms with van der Waals surface area (Å²) >= 11 is 0. The topological polar surface area (TPSA) is 35.9 Å². The molecule has 0 aromatic heterocycles. The van der Waals surface area contributed by atoms with Crippen molar-refractivity contribution in [2.75, 3.05) is 39.8 Å². The van der Waals surface area contributed by atoms with Crippen molar-refractivity contribution in [2.45, 2.75) is 37.1 Å². The zero-order valence-corrected chi connectivity index (χ0v) is 17.7. The van der Waals surface area contributed by atoms with Gasteiger partial charge in [0.15, 0.2) is 0 Å². The third-order valence-corrected chi connectivity index (χ3v) is 6.62. The molecule has 31 heavy (non-hydrogen) atoms. The minimum atomic E-state index is -4.71. The van der Waals surface area contributed by atoms with Crippen LogP contribution in [0.2, 0.25) is 0 Å². The maximum absolute atomic E-state index is 12.5. The van der Waals surface area contributed by atoms with E-state index in [2.05, 4.69) is 21.6 Å². The standard InChI is InChI=1S/C24H29F3N2O2/c1-28-12-14-29(15-13-28)17-22(23(30)10-3-11-23)19-8-6-18(7-9-19)20-4-2-5-21(16-20)31-24(25,26)27/h2,4-9,16,22,30H,3,10-15,17H2,1H3. The molecule has 168 valence electrons. The maximum atomic E-state index is 12.5. The number of ether oxygens (including phenoxy) is 1. The highest BCUT2D eigenvalue weighted by Gasteiger charge is 2.43. The highest BCUT2D eigenvalue weighted by Crippen LogP contribution is 2.44. The number of likely N-dealkylation sites (N-methyl/N-ethyl adjacent to an activating group) is 1. The Balaban J connectivity index is 1.52. The summed E-state index contributed by atoms with van der Waals surface area (Å²) in [6, 6.07) is 13.8. The molecule has 0 bridgehead atoms. The summed E-state index contributed by atoms with van der Waals surface area (Å²) in [7, 11) is 2.13. The van der Waals surface area contributed by atoms with Crippen LogP contribution in [0.15, 0.2) is 48.5 Å². The lowest BCUT2D eigenvalue weighted by Gasteiger charge is -2.46. The van der Waals surface area contributed by atoms with Gasteiger partial charge in [0.1, 0.15) is 5.75 Å². The lowest BCUT2D eigenvalue weighted by Crippen LogP contribution is -2.51. The Morgan fingerprint density at radius 2 is 1.68 bits per heavy atom. The zero-order valence-electron chi connectivity index (χ0n) is 17.7. The largest absolute Gasteiger partial charge is 0.573 e. The van der Waals surface area contributed by atoms with Gasteiger partial charge in [-0.05, 0) is 55.1 Å². The van der Waals surface area contributed by atoms with Crippen LogP contribution in [0.1, 0.15) is 30.7 Å². The maximum Gasteiger partial charge on any atom is 0.573 e. The monoisotopic (exact) mass is 434 g/mol. The van der Waals surface area contributed by atoms with Crippen molar-refractivity contribution in [1.82, 2.24) is 9.80 Å². The molecular weight excluding hydrogens is 405 g/mol. The molecule has 1 N–H and O–H groups in total. The van der Waals surface area contributed by atoms with Gasteiger partial charge in [-0.1, -0.05) is 36.4 Å². The molecule has 2 aromatic carbocycles. The van der Waals surface area contributed by atoms with Gasteiger partial charge in [-0.15, -0.1) is 13.2 Å². The first-order valence-corrected chi connectivity index (χ1v) is 10.8. The van der Waals surface area contributed by atoms with E-state index in [4.69, 9.17) is 0 Å². The Kier molecular flexibility index (Phi) is 6.28. The fourth-order valence-electron chi connectivity index (χ4n) is 4.54. The molecule has 7 heteroatoms. The highest BCUT2D eigenvalue weighted by atomic mass is 19.4. The third kappa shape index (κ3) is 5.40. The smallest absolute Gasteiger partial charge is 0.406 e. The van der Waals surface area contributed by atoms with Gasteiger partial charge in [-0.25, -0.2) is 0 Å². The Morgan fingerprint density at radius 1 is 1.00 bits per heavy atom. The summed E-state index contributed by atoms with van der Waals surface area (Å²) in [5.74, 6) is -0.204. The SMILES string of the molecule is CN1CCN(CC(c2ccc(-c3cccc(OC(F)(F)F)c3)cc2)C2(O)CCC2)CC1. The molecule has 2 aromatic rings. The summed E-state index contributed by atoms with van der Waals surface area (Å²) in [4.78, 5) is 4.74. The van der Waals surface area contributed by atoms with E-state index in [-0.39, 0.29) is 11.7 Å². The number of piperazine rings is 1. The molecule has 2 aliphatic rings. The molecule has 1 aliphatic carbocycles. The van der Waals surface area contributed by atoms with E-state index in [1.165, 1.54) is 12.1 Å². The molecule has 1 unspecified atom stereocenters. The third-order valence-electron chi connectivity index (χ3n) is 6.62. The molecule has 1 heterocycles. The molecule has 0 spiro atoms. The van der Waals surface area contributed by atoms with Gasteiger partial charge in [0.25, 0.3) is 0 Å². The highest BCUT2D eigenvalue weighted by molar-refractivity contribution is 5.65. The minimum Gasteiger partial charge on any atom is -0.406 e. The van der Waals surface area contributed by atoms with Gasteiger partial charge in [0, 0.05) is 38.6 Å². The first-order valence-electron chi connectivity index (χ1n) is 10.8. The van der Waals surface area contributed by atoms with Crippen molar-refractivity contribution in [3.63, 3.8) is 0 Å². The molecule has 1 saturated heterocycles. The molecule has 4 rings (SSSR count). The average molecular weight is 435 g/mol. The number of benzene rings is 2. The van der Waals surface area contributed by atoms with Crippen molar-refractivity contribution in [3.8, 4) is 16.9 Å². The van der Waals surface area contributed by atoms with E-state index < -0.39 is 12.0 Å². The van der Waals surface area contributed by atoms with Gasteiger partial charge < -0.3 is 19.6 Å². The molecule has 0 amide bonds. The second-order valence-corrected chi connectivity index (χ2v) is 8.81. The number of aliphatic hydroxyl groups is 1. The van der Waals surface area contributed by atoms with Gasteiger partial charge in [0.05, 0.1) is 5.60 Å². The van der Waals surface area contributed by atoms with E-state index in [1.54, 1.807) is 12.1 Å². The van der Waals surface area contributed by atoms with Gasteiger partial charge in [-0.2, -0.15) is 0 Å². The number of halogens is 3. The van der Waals surface area contributed by atoms with Crippen molar-refractivity contribution in [1.29, 1.82) is 0 Å². The van der Waals surface area contributed by atoms with Crippen LogP contribution in [0.25, 0.3) is 11.1 Å². The Hall–Kier alpha value is -2.09. The van der Waals surface area contributed by atoms with Gasteiger partial charge in [-0.3, -0.25) is 0 Å². The van der Waals surface area contributed by atoms with E-state index in [0.717, 1.165) is 63.1 Å². The fraction of sp³-hybridized carbons (Fsp3) is 0.500. The first-order chi connectivity index (χ1) is 14.7. The summed E-state index contributed by atoms with van der Waals surface area (Å²) in [6.07, 6.45) is -2.05. The second-order valence-electron chi connectivity index (χ2n) is 8.81. The fourth-order valence-corrected chi connectivity index (χ4v) is 4.54. The van der Waals surface area contributed by atoms with Crippen LogP contribution in [0, 0.1) is 0 Å². The molecule has 1 aliphatic heterocycles. The van der Waals surface area contributed by atoms with Gasteiger partial charge >= 0.3 is 6.36 Å². The zero-order chi connectivity index (χ0) is 22.1. The lowest BCUT2D eigenvalue weighted by molar-refractivity contribution is -0.274. The van der Waals surface area contributed by atoms with Crippen molar-refractivity contribution >= 4 is 0 Å². The van der Waals surface area contributed by atoms with Crippen molar-refractivity contribution < 1.29 is 23.0 Å².